The molecule has 0 atom stereocenters. The summed E-state index contributed by atoms with van der Waals surface area (Å²) in [6.07, 6.45) is 8.07. The molecular weight excluding hydrogens is 406 g/mol. The van der Waals surface area contributed by atoms with Crippen LogP contribution in [-0.4, -0.2) is 20.4 Å². The molecule has 1 amide bonds. The smallest absolute Gasteiger partial charge is 0.257 e. The Balaban J connectivity index is 1.54. The van der Waals surface area contributed by atoms with Gasteiger partial charge in [-0.2, -0.15) is 0 Å². The monoisotopic (exact) mass is 431 g/mol. The SMILES string of the molecule is Nc1c(C(=O)NCc2cccs2)c2nc3ccccc3nc2n1CCC1=CCCCC1. The molecule has 0 radical (unpaired) electrons. The molecule has 0 saturated carbocycles. The van der Waals surface area contributed by atoms with Crippen molar-refractivity contribution >= 4 is 45.3 Å². The van der Waals surface area contributed by atoms with Crippen molar-refractivity contribution in [3.8, 4) is 0 Å². The number of allylic oxidation sites excluding steroid dienone is 2. The maximum absolute atomic E-state index is 13.2. The van der Waals surface area contributed by atoms with Gasteiger partial charge in [-0.25, -0.2) is 9.97 Å². The van der Waals surface area contributed by atoms with Crippen molar-refractivity contribution in [1.82, 2.24) is 19.9 Å². The molecule has 1 aromatic carbocycles. The molecule has 3 heterocycles. The van der Waals surface area contributed by atoms with E-state index in [9.17, 15) is 4.79 Å². The largest absolute Gasteiger partial charge is 0.384 e. The minimum atomic E-state index is -0.212. The van der Waals surface area contributed by atoms with Gasteiger partial charge in [0.15, 0.2) is 5.65 Å². The Morgan fingerprint density at radius 1 is 1.13 bits per heavy atom. The fourth-order valence-corrected chi connectivity index (χ4v) is 4.87. The van der Waals surface area contributed by atoms with Crippen LogP contribution in [-0.2, 0) is 13.1 Å². The normalized spacial score (nSPS) is 14.1. The Morgan fingerprint density at radius 2 is 1.97 bits per heavy atom. The van der Waals surface area contributed by atoms with Gasteiger partial charge in [0.25, 0.3) is 5.91 Å². The number of fused-ring (bicyclic) bond motifs is 2. The zero-order valence-corrected chi connectivity index (χ0v) is 18.1. The summed E-state index contributed by atoms with van der Waals surface area (Å²) in [4.78, 5) is 23.9. The maximum atomic E-state index is 13.2. The first-order chi connectivity index (χ1) is 15.2. The number of aromatic nitrogens is 3. The van der Waals surface area contributed by atoms with E-state index in [-0.39, 0.29) is 5.91 Å². The van der Waals surface area contributed by atoms with Crippen molar-refractivity contribution in [2.75, 3.05) is 5.73 Å². The van der Waals surface area contributed by atoms with Crippen molar-refractivity contribution < 1.29 is 4.79 Å². The lowest BCUT2D eigenvalue weighted by Gasteiger charge is -2.14. The van der Waals surface area contributed by atoms with E-state index in [1.807, 2.05) is 46.3 Å². The average Bonchev–Trinajstić information content (AvgIpc) is 3.41. The number of hydrogen-bond acceptors (Lipinski definition) is 5. The van der Waals surface area contributed by atoms with E-state index in [0.29, 0.717) is 35.6 Å². The maximum Gasteiger partial charge on any atom is 0.257 e. The summed E-state index contributed by atoms with van der Waals surface area (Å²) in [5.41, 5.74) is 11.2. The van der Waals surface area contributed by atoms with E-state index in [2.05, 4.69) is 11.4 Å². The number of anilines is 1. The molecule has 158 valence electrons. The van der Waals surface area contributed by atoms with Gasteiger partial charge in [-0.05, 0) is 55.7 Å². The predicted octanol–water partition coefficient (Wildman–Crippen LogP) is 5.05. The first-order valence-corrected chi connectivity index (χ1v) is 11.6. The summed E-state index contributed by atoms with van der Waals surface area (Å²) in [6.45, 7) is 1.16. The molecule has 31 heavy (non-hydrogen) atoms. The van der Waals surface area contributed by atoms with E-state index in [4.69, 9.17) is 15.7 Å². The Labute approximate surface area is 184 Å². The highest BCUT2D eigenvalue weighted by atomic mass is 32.1. The summed E-state index contributed by atoms with van der Waals surface area (Å²) in [5, 5.41) is 5.00. The number of carbonyl (C=O) groups is 1. The second-order valence-corrected chi connectivity index (χ2v) is 8.95. The van der Waals surface area contributed by atoms with Crippen molar-refractivity contribution in [2.24, 2.45) is 0 Å². The first kappa shape index (κ1) is 19.8. The van der Waals surface area contributed by atoms with Gasteiger partial charge in [-0.3, -0.25) is 4.79 Å². The zero-order chi connectivity index (χ0) is 21.2. The summed E-state index contributed by atoms with van der Waals surface area (Å²) in [6, 6.07) is 11.7. The third-order valence-electron chi connectivity index (χ3n) is 5.86. The molecule has 0 aliphatic heterocycles. The van der Waals surface area contributed by atoms with Gasteiger partial charge in [0.2, 0.25) is 0 Å². The van der Waals surface area contributed by atoms with Crippen molar-refractivity contribution in [1.29, 1.82) is 0 Å². The van der Waals surface area contributed by atoms with E-state index >= 15 is 0 Å². The second kappa shape index (κ2) is 8.51. The van der Waals surface area contributed by atoms with Crippen molar-refractivity contribution in [3.63, 3.8) is 0 Å². The van der Waals surface area contributed by atoms with Gasteiger partial charge < -0.3 is 15.6 Å². The third-order valence-corrected chi connectivity index (χ3v) is 6.74. The van der Waals surface area contributed by atoms with E-state index in [0.717, 1.165) is 35.2 Å². The van der Waals surface area contributed by atoms with Crippen molar-refractivity contribution in [2.45, 2.75) is 45.2 Å². The molecule has 7 heteroatoms. The highest BCUT2D eigenvalue weighted by Crippen LogP contribution is 2.30. The van der Waals surface area contributed by atoms with E-state index in [1.54, 1.807) is 11.3 Å². The molecule has 0 unspecified atom stereocenters. The lowest BCUT2D eigenvalue weighted by Crippen LogP contribution is -2.23. The number of rotatable bonds is 6. The van der Waals surface area contributed by atoms with Gasteiger partial charge in [0.1, 0.15) is 16.9 Å². The number of amides is 1. The average molecular weight is 432 g/mol. The number of nitrogens with zero attached hydrogens (tertiary/aromatic N) is 3. The summed E-state index contributed by atoms with van der Waals surface area (Å²) < 4.78 is 1.96. The lowest BCUT2D eigenvalue weighted by atomic mass is 9.97. The fraction of sp³-hybridized carbons (Fsp3) is 0.292. The number of nitrogen functional groups attached to an aromatic ring is 1. The first-order valence-electron chi connectivity index (χ1n) is 10.7. The van der Waals surface area contributed by atoms with Gasteiger partial charge in [0.05, 0.1) is 17.6 Å². The van der Waals surface area contributed by atoms with Gasteiger partial charge in [-0.1, -0.05) is 29.8 Å². The number of carbonyl (C=O) groups excluding carboxylic acids is 1. The molecule has 1 aliphatic rings. The van der Waals surface area contributed by atoms with Crippen LogP contribution in [0.4, 0.5) is 5.82 Å². The molecule has 1 aliphatic carbocycles. The Kier molecular flexibility index (Phi) is 5.42. The number of hydrogen-bond donors (Lipinski definition) is 2. The van der Waals surface area contributed by atoms with E-state index < -0.39 is 0 Å². The molecule has 3 N–H and O–H groups in total. The summed E-state index contributed by atoms with van der Waals surface area (Å²) in [5.74, 6) is 0.224. The standard InChI is InChI=1S/C24H25N5OS/c25-22-20(24(30)26-15-17-9-6-14-31-17)21-23(28-19-11-5-4-10-18(19)27-21)29(22)13-12-16-7-2-1-3-8-16/h4-7,9-11,14H,1-3,8,12-13,15,25H2,(H,26,30). The van der Waals surface area contributed by atoms with Crippen LogP contribution in [0.3, 0.4) is 0 Å². The van der Waals surface area contributed by atoms with Crippen LogP contribution in [0.1, 0.15) is 47.3 Å². The van der Waals surface area contributed by atoms with Crippen molar-refractivity contribution in [3.05, 3.63) is 63.9 Å². The Hall–Kier alpha value is -3.19. The van der Waals surface area contributed by atoms with Crippen LogP contribution in [0, 0.1) is 0 Å². The number of nitrogens with two attached hydrogens (primary N) is 1. The third kappa shape index (κ3) is 3.93. The quantitative estimate of drug-likeness (QED) is 0.418. The lowest BCUT2D eigenvalue weighted by molar-refractivity contribution is 0.0953. The van der Waals surface area contributed by atoms with Crippen LogP contribution in [0.15, 0.2) is 53.4 Å². The molecule has 0 saturated heterocycles. The molecule has 0 bridgehead atoms. The number of para-hydroxylation sites is 2. The van der Waals surface area contributed by atoms with Crippen LogP contribution in [0.25, 0.3) is 22.2 Å². The molecule has 0 fully saturated rings. The molecule has 6 nitrogen and oxygen atoms in total. The number of nitrogens with one attached hydrogen (secondary N) is 1. The molecule has 3 aromatic heterocycles. The van der Waals surface area contributed by atoms with Gasteiger partial charge in [0, 0.05) is 11.4 Å². The van der Waals surface area contributed by atoms with E-state index in [1.165, 1.54) is 18.4 Å². The molecule has 0 spiro atoms. The molecular formula is C24H25N5OS. The number of thiophene rings is 1. The highest BCUT2D eigenvalue weighted by Gasteiger charge is 2.24. The van der Waals surface area contributed by atoms with Gasteiger partial charge >= 0.3 is 0 Å². The minimum absolute atomic E-state index is 0.212. The molecule has 4 aromatic rings. The number of aryl methyl sites for hydroxylation is 1. The second-order valence-electron chi connectivity index (χ2n) is 7.92. The highest BCUT2D eigenvalue weighted by molar-refractivity contribution is 7.09. The summed E-state index contributed by atoms with van der Waals surface area (Å²) >= 11 is 1.61. The minimum Gasteiger partial charge on any atom is -0.384 e. The summed E-state index contributed by atoms with van der Waals surface area (Å²) in [7, 11) is 0. The Morgan fingerprint density at radius 3 is 2.71 bits per heavy atom. The molecule has 5 rings (SSSR count). The van der Waals surface area contributed by atoms with Crippen LogP contribution in [0.5, 0.6) is 0 Å². The van der Waals surface area contributed by atoms with Crippen LogP contribution >= 0.6 is 11.3 Å². The van der Waals surface area contributed by atoms with Crippen LogP contribution in [0.2, 0.25) is 0 Å². The zero-order valence-electron chi connectivity index (χ0n) is 17.3. The van der Waals surface area contributed by atoms with Crippen LogP contribution < -0.4 is 11.1 Å². The predicted molar refractivity (Wildman–Crippen MR) is 126 cm³/mol. The van der Waals surface area contributed by atoms with Gasteiger partial charge in [-0.15, -0.1) is 11.3 Å². The number of benzene rings is 1. The fourth-order valence-electron chi connectivity index (χ4n) is 4.22. The topological polar surface area (TPSA) is 85.8 Å². The Bertz CT molecular complexity index is 1270.